The first-order valence-electron chi connectivity index (χ1n) is 9.51. The summed E-state index contributed by atoms with van der Waals surface area (Å²) in [5.74, 6) is 0.399. The van der Waals surface area contributed by atoms with E-state index in [1.54, 1.807) is 11.3 Å². The summed E-state index contributed by atoms with van der Waals surface area (Å²) in [6.07, 6.45) is 2.08. The number of fused-ring (bicyclic) bond motifs is 5. The Morgan fingerprint density at radius 1 is 1.04 bits per heavy atom. The number of hydrogen-bond acceptors (Lipinski definition) is 5. The van der Waals surface area contributed by atoms with E-state index in [0.717, 1.165) is 49.4 Å². The van der Waals surface area contributed by atoms with Crippen molar-refractivity contribution in [1.29, 1.82) is 0 Å². The number of para-hydroxylation sites is 1. The van der Waals surface area contributed by atoms with Crippen molar-refractivity contribution in [3.05, 3.63) is 58.7 Å². The van der Waals surface area contributed by atoms with Crippen LogP contribution in [-0.4, -0.2) is 44.8 Å². The van der Waals surface area contributed by atoms with E-state index in [1.807, 2.05) is 23.0 Å². The average Bonchev–Trinajstić information content (AvgIpc) is 3.07. The first-order chi connectivity index (χ1) is 13.3. The van der Waals surface area contributed by atoms with Crippen molar-refractivity contribution < 1.29 is 4.79 Å². The average molecular weight is 379 g/mol. The Morgan fingerprint density at radius 3 is 2.85 bits per heavy atom. The molecular formula is C21H22N4OS. The monoisotopic (exact) mass is 378 g/mol. The molecule has 6 rings (SSSR count). The number of hydrogen-bond donors (Lipinski definition) is 0. The molecule has 3 fully saturated rings. The second-order valence-corrected chi connectivity index (χ2v) is 8.28. The normalized spacial score (nSPS) is 23.1. The molecule has 3 saturated heterocycles. The van der Waals surface area contributed by atoms with E-state index in [-0.39, 0.29) is 12.0 Å². The highest BCUT2D eigenvalue weighted by Crippen LogP contribution is 2.31. The maximum absolute atomic E-state index is 13.0. The van der Waals surface area contributed by atoms with Gasteiger partial charge in [-0.3, -0.25) is 14.7 Å². The van der Waals surface area contributed by atoms with Crippen molar-refractivity contribution in [2.24, 2.45) is 5.92 Å². The van der Waals surface area contributed by atoms with Crippen LogP contribution in [-0.2, 0) is 17.9 Å². The lowest BCUT2D eigenvalue weighted by molar-refractivity contribution is -0.140. The van der Waals surface area contributed by atoms with Crippen molar-refractivity contribution in [3.63, 3.8) is 0 Å². The molecule has 5 nitrogen and oxygen atoms in total. The third kappa shape index (κ3) is 3.35. The molecule has 3 aliphatic heterocycles. The summed E-state index contributed by atoms with van der Waals surface area (Å²) >= 11 is 1.59. The number of amides is 1. The van der Waals surface area contributed by atoms with E-state index < -0.39 is 0 Å². The van der Waals surface area contributed by atoms with Gasteiger partial charge in [-0.25, -0.2) is 4.98 Å². The fraction of sp³-hybridized carbons (Fsp3) is 0.381. The van der Waals surface area contributed by atoms with Crippen molar-refractivity contribution >= 4 is 28.1 Å². The number of carbonyl (C=O) groups is 1. The summed E-state index contributed by atoms with van der Waals surface area (Å²) < 4.78 is 0. The molecule has 0 aliphatic carbocycles. The predicted molar refractivity (Wildman–Crippen MR) is 106 cm³/mol. The molecule has 3 aromatic rings. The topological polar surface area (TPSA) is 49.3 Å². The lowest BCUT2D eigenvalue weighted by Crippen LogP contribution is -2.47. The first kappa shape index (κ1) is 16.8. The van der Waals surface area contributed by atoms with Crippen LogP contribution in [0.5, 0.6) is 0 Å². The van der Waals surface area contributed by atoms with E-state index >= 15 is 0 Å². The van der Waals surface area contributed by atoms with Crippen molar-refractivity contribution in [1.82, 2.24) is 19.8 Å². The minimum absolute atomic E-state index is 0.0999. The molecule has 5 heterocycles. The molecule has 2 atom stereocenters. The fourth-order valence-electron chi connectivity index (χ4n) is 4.38. The summed E-state index contributed by atoms with van der Waals surface area (Å²) in [4.78, 5) is 26.6. The van der Waals surface area contributed by atoms with E-state index in [9.17, 15) is 4.79 Å². The van der Waals surface area contributed by atoms with Gasteiger partial charge in [0.05, 0.1) is 34.9 Å². The Balaban J connectivity index is 1.35. The van der Waals surface area contributed by atoms with Gasteiger partial charge in [0.1, 0.15) is 0 Å². The SMILES string of the molecule is O=C1[C@H]2CC[C@H](CN(Cc3ccc4ccccc4n3)C2)N1Cc1cscn1. The smallest absolute Gasteiger partial charge is 0.227 e. The minimum atomic E-state index is 0.0999. The molecule has 0 N–H and O–H groups in total. The van der Waals surface area contributed by atoms with Crippen molar-refractivity contribution in [2.45, 2.75) is 32.0 Å². The first-order valence-corrected chi connectivity index (χ1v) is 10.4. The largest absolute Gasteiger partial charge is 0.332 e. The van der Waals surface area contributed by atoms with Gasteiger partial charge in [0.2, 0.25) is 5.91 Å². The lowest BCUT2D eigenvalue weighted by atomic mass is 9.94. The Labute approximate surface area is 162 Å². The zero-order valence-corrected chi connectivity index (χ0v) is 15.9. The lowest BCUT2D eigenvalue weighted by Gasteiger charge is -2.35. The van der Waals surface area contributed by atoms with E-state index in [4.69, 9.17) is 4.98 Å². The van der Waals surface area contributed by atoms with Crippen molar-refractivity contribution in [3.8, 4) is 0 Å². The zero-order chi connectivity index (χ0) is 18.2. The van der Waals surface area contributed by atoms with Gasteiger partial charge in [0, 0.05) is 36.4 Å². The number of rotatable bonds is 4. The Bertz CT molecular complexity index is 958. The van der Waals surface area contributed by atoms with E-state index in [1.165, 1.54) is 5.39 Å². The quantitative estimate of drug-likeness (QED) is 0.699. The van der Waals surface area contributed by atoms with Crippen LogP contribution < -0.4 is 0 Å². The van der Waals surface area contributed by atoms with Gasteiger partial charge in [0.25, 0.3) is 0 Å². The summed E-state index contributed by atoms with van der Waals surface area (Å²) in [5.41, 5.74) is 4.96. The Morgan fingerprint density at radius 2 is 1.96 bits per heavy atom. The number of thiazole rings is 1. The number of pyridine rings is 1. The van der Waals surface area contributed by atoms with Crippen LogP contribution in [0.3, 0.4) is 0 Å². The fourth-order valence-corrected chi connectivity index (χ4v) is 4.93. The molecule has 2 bridgehead atoms. The van der Waals surface area contributed by atoms with Crippen LogP contribution in [0.4, 0.5) is 0 Å². The molecule has 138 valence electrons. The summed E-state index contributed by atoms with van der Waals surface area (Å²) in [6.45, 7) is 3.19. The highest BCUT2D eigenvalue weighted by molar-refractivity contribution is 7.07. The molecule has 0 radical (unpaired) electrons. The molecule has 27 heavy (non-hydrogen) atoms. The number of benzene rings is 1. The standard InChI is InChI=1S/C21H22N4OS/c26-21-16-6-8-19(25(21)11-18-13-27-14-22-18)12-24(9-16)10-17-7-5-15-3-1-2-4-20(15)23-17/h1-5,7,13-14,16,19H,6,8-12H2/t16-,19+/m0/s1. The number of nitrogens with zero attached hydrogens (tertiary/aromatic N) is 4. The van der Waals surface area contributed by atoms with Gasteiger partial charge in [-0.1, -0.05) is 24.3 Å². The third-order valence-electron chi connectivity index (χ3n) is 5.73. The van der Waals surface area contributed by atoms with Gasteiger partial charge < -0.3 is 4.90 Å². The molecule has 1 aromatic carbocycles. The van der Waals surface area contributed by atoms with Crippen LogP contribution in [0.1, 0.15) is 24.2 Å². The summed E-state index contributed by atoms with van der Waals surface area (Å²) in [6, 6.07) is 12.8. The second-order valence-electron chi connectivity index (χ2n) is 7.56. The van der Waals surface area contributed by atoms with Gasteiger partial charge in [-0.15, -0.1) is 11.3 Å². The van der Waals surface area contributed by atoms with Gasteiger partial charge in [-0.05, 0) is 25.0 Å². The van der Waals surface area contributed by atoms with E-state index in [2.05, 4.69) is 39.0 Å². The van der Waals surface area contributed by atoms with Crippen molar-refractivity contribution in [2.75, 3.05) is 13.1 Å². The minimum Gasteiger partial charge on any atom is -0.332 e. The third-order valence-corrected chi connectivity index (χ3v) is 6.36. The zero-order valence-electron chi connectivity index (χ0n) is 15.1. The van der Waals surface area contributed by atoms with Crippen LogP contribution in [0.2, 0.25) is 0 Å². The molecule has 0 unspecified atom stereocenters. The Kier molecular flexibility index (Phi) is 4.38. The predicted octanol–water partition coefficient (Wildman–Crippen LogP) is 3.31. The molecule has 6 heteroatoms. The van der Waals surface area contributed by atoms with Gasteiger partial charge in [-0.2, -0.15) is 0 Å². The molecule has 3 aliphatic rings. The van der Waals surface area contributed by atoms with Crippen LogP contribution in [0.25, 0.3) is 10.9 Å². The molecular weight excluding hydrogens is 356 g/mol. The van der Waals surface area contributed by atoms with Crippen LogP contribution in [0.15, 0.2) is 47.3 Å². The number of piperidine rings is 1. The van der Waals surface area contributed by atoms with Gasteiger partial charge in [0.15, 0.2) is 0 Å². The molecule has 0 spiro atoms. The highest BCUT2D eigenvalue weighted by atomic mass is 32.1. The number of aromatic nitrogens is 2. The maximum atomic E-state index is 13.0. The number of carbonyl (C=O) groups excluding carboxylic acids is 1. The van der Waals surface area contributed by atoms with Crippen LogP contribution in [0, 0.1) is 5.92 Å². The van der Waals surface area contributed by atoms with Gasteiger partial charge >= 0.3 is 0 Å². The molecule has 1 amide bonds. The second kappa shape index (κ2) is 7.02. The summed E-state index contributed by atoms with van der Waals surface area (Å²) in [7, 11) is 0. The summed E-state index contributed by atoms with van der Waals surface area (Å²) in [5, 5.41) is 3.21. The molecule has 2 aromatic heterocycles. The molecule has 0 saturated carbocycles. The van der Waals surface area contributed by atoms with Crippen LogP contribution >= 0.6 is 11.3 Å². The highest BCUT2D eigenvalue weighted by Gasteiger charge is 2.40. The van der Waals surface area contributed by atoms with E-state index in [0.29, 0.717) is 12.5 Å². The Hall–Kier alpha value is -2.31. The maximum Gasteiger partial charge on any atom is 0.227 e.